The van der Waals surface area contributed by atoms with Crippen LogP contribution in [-0.2, 0) is 9.53 Å². The summed E-state index contributed by atoms with van der Waals surface area (Å²) in [5.74, 6) is -1.08. The predicted octanol–water partition coefficient (Wildman–Crippen LogP) is 2.88. The molecule has 144 valence electrons. The summed E-state index contributed by atoms with van der Waals surface area (Å²) in [5.41, 5.74) is 2.71. The van der Waals surface area contributed by atoms with Gasteiger partial charge >= 0.3 is 5.97 Å². The molecule has 3 aromatic rings. The summed E-state index contributed by atoms with van der Waals surface area (Å²) in [6, 6.07) is 13.7. The number of carbonyl (C=O) groups excluding carboxylic acids is 1. The van der Waals surface area contributed by atoms with Gasteiger partial charge < -0.3 is 20.1 Å². The highest BCUT2D eigenvalue weighted by Gasteiger charge is 2.30. The first-order valence-corrected chi connectivity index (χ1v) is 9.15. The number of amides is 1. The zero-order valence-electron chi connectivity index (χ0n) is 15.2. The number of fused-ring (bicyclic) bond motifs is 1. The van der Waals surface area contributed by atoms with Crippen molar-refractivity contribution < 1.29 is 19.4 Å². The topological polar surface area (TPSA) is 94.7 Å². The van der Waals surface area contributed by atoms with Crippen LogP contribution in [0.2, 0.25) is 0 Å². The number of morpholine rings is 1. The number of benzene rings is 2. The van der Waals surface area contributed by atoms with E-state index in [1.165, 1.54) is 0 Å². The third-order valence-corrected chi connectivity index (χ3v) is 4.95. The smallest absolute Gasteiger partial charge is 0.325 e. The second-order valence-electron chi connectivity index (χ2n) is 6.71. The Labute approximate surface area is 161 Å². The molecule has 3 N–H and O–H groups in total. The number of nitrogens with one attached hydrogen (secondary N) is 2. The highest BCUT2D eigenvalue weighted by Crippen LogP contribution is 2.31. The molecule has 0 saturated carbocycles. The molecule has 2 aromatic carbocycles. The predicted molar refractivity (Wildman–Crippen MR) is 105 cm³/mol. The van der Waals surface area contributed by atoms with Gasteiger partial charge in [0.15, 0.2) is 0 Å². The minimum Gasteiger partial charge on any atom is -0.480 e. The first-order valence-electron chi connectivity index (χ1n) is 9.15. The number of nitrogens with zero attached hydrogens (tertiary/aromatic N) is 1. The summed E-state index contributed by atoms with van der Waals surface area (Å²) in [6.07, 6.45) is 1.74. The van der Waals surface area contributed by atoms with Gasteiger partial charge in [0.05, 0.1) is 13.2 Å². The first kappa shape index (κ1) is 18.2. The van der Waals surface area contributed by atoms with Gasteiger partial charge in [-0.1, -0.05) is 24.3 Å². The number of ether oxygens (including phenoxy) is 1. The molecule has 1 aliphatic heterocycles. The zero-order valence-corrected chi connectivity index (χ0v) is 15.2. The van der Waals surface area contributed by atoms with Gasteiger partial charge in [0.1, 0.15) is 6.04 Å². The highest BCUT2D eigenvalue weighted by molar-refractivity contribution is 6.05. The van der Waals surface area contributed by atoms with Gasteiger partial charge in [-0.25, -0.2) is 0 Å². The summed E-state index contributed by atoms with van der Waals surface area (Å²) in [5, 5.41) is 13.5. The Morgan fingerprint density at radius 2 is 1.86 bits per heavy atom. The summed E-state index contributed by atoms with van der Waals surface area (Å²) in [7, 11) is 0. The van der Waals surface area contributed by atoms with Crippen molar-refractivity contribution in [2.75, 3.05) is 31.6 Å². The number of rotatable bonds is 5. The Hall–Kier alpha value is -3.16. The van der Waals surface area contributed by atoms with Crippen molar-refractivity contribution in [2.45, 2.75) is 6.04 Å². The van der Waals surface area contributed by atoms with Crippen molar-refractivity contribution in [3.05, 3.63) is 65.9 Å². The summed E-state index contributed by atoms with van der Waals surface area (Å²) in [4.78, 5) is 29.4. The van der Waals surface area contributed by atoms with Crippen LogP contribution < -0.4 is 5.32 Å². The van der Waals surface area contributed by atoms with Crippen LogP contribution in [0.3, 0.4) is 0 Å². The van der Waals surface area contributed by atoms with Crippen LogP contribution in [0, 0.1) is 0 Å². The standard InChI is InChI=1S/C21H21N3O4/c25-20(14-4-2-1-3-5-14)23-15-6-7-16-17(13-22-18(16)12-15)19(21(26)27)24-8-10-28-11-9-24/h1-7,12-13,19,22H,8-11H2,(H,23,25)(H,26,27). The number of carboxylic acid groups (broad SMARTS) is 1. The Morgan fingerprint density at radius 3 is 2.57 bits per heavy atom. The molecule has 1 fully saturated rings. The number of aliphatic carboxylic acids is 1. The lowest BCUT2D eigenvalue weighted by molar-refractivity contribution is -0.145. The molecule has 28 heavy (non-hydrogen) atoms. The maximum absolute atomic E-state index is 12.3. The number of H-pyrrole nitrogens is 1. The fourth-order valence-corrected chi connectivity index (χ4v) is 3.57. The molecule has 1 saturated heterocycles. The normalized spacial score (nSPS) is 16.0. The molecule has 7 nitrogen and oxygen atoms in total. The van der Waals surface area contributed by atoms with Crippen molar-refractivity contribution in [1.29, 1.82) is 0 Å². The van der Waals surface area contributed by atoms with Crippen molar-refractivity contribution in [3.8, 4) is 0 Å². The fourth-order valence-electron chi connectivity index (χ4n) is 3.57. The van der Waals surface area contributed by atoms with Crippen molar-refractivity contribution >= 4 is 28.5 Å². The number of carbonyl (C=O) groups is 2. The molecule has 0 aliphatic carbocycles. The van der Waals surface area contributed by atoms with Crippen molar-refractivity contribution in [3.63, 3.8) is 0 Å². The van der Waals surface area contributed by atoms with Gasteiger partial charge in [-0.15, -0.1) is 0 Å². The lowest BCUT2D eigenvalue weighted by Gasteiger charge is -2.31. The SMILES string of the molecule is O=C(Nc1ccc2c(C(C(=O)O)N3CCOCC3)c[nH]c2c1)c1ccccc1. The molecule has 0 radical (unpaired) electrons. The van der Waals surface area contributed by atoms with Crippen molar-refractivity contribution in [2.24, 2.45) is 0 Å². The molecular weight excluding hydrogens is 358 g/mol. The van der Waals surface area contributed by atoms with Gasteiger partial charge in [-0.2, -0.15) is 0 Å². The first-order chi connectivity index (χ1) is 13.6. The van der Waals surface area contributed by atoms with E-state index in [1.54, 1.807) is 24.4 Å². The van der Waals surface area contributed by atoms with E-state index in [0.717, 1.165) is 10.9 Å². The Morgan fingerprint density at radius 1 is 1.11 bits per heavy atom. The van der Waals surface area contributed by atoms with E-state index in [9.17, 15) is 14.7 Å². The summed E-state index contributed by atoms with van der Waals surface area (Å²) in [6.45, 7) is 2.22. The Bertz CT molecular complexity index is 993. The van der Waals surface area contributed by atoms with Crippen LogP contribution in [0.5, 0.6) is 0 Å². The molecule has 4 rings (SSSR count). The van der Waals surface area contributed by atoms with Crippen molar-refractivity contribution in [1.82, 2.24) is 9.88 Å². The van der Waals surface area contributed by atoms with Gasteiger partial charge in [0.2, 0.25) is 0 Å². The summed E-state index contributed by atoms with van der Waals surface area (Å²) < 4.78 is 5.34. The molecule has 0 spiro atoms. The number of aromatic nitrogens is 1. The summed E-state index contributed by atoms with van der Waals surface area (Å²) >= 11 is 0. The molecule has 1 unspecified atom stereocenters. The van der Waals surface area contributed by atoms with Crippen LogP contribution in [0.25, 0.3) is 10.9 Å². The number of hydrogen-bond acceptors (Lipinski definition) is 4. The second-order valence-corrected chi connectivity index (χ2v) is 6.71. The monoisotopic (exact) mass is 379 g/mol. The quantitative estimate of drug-likeness (QED) is 0.634. The van der Waals surface area contributed by atoms with Crippen LogP contribution in [0.15, 0.2) is 54.7 Å². The third kappa shape index (κ3) is 3.62. The zero-order chi connectivity index (χ0) is 19.5. The van der Waals surface area contributed by atoms with Crippen LogP contribution >= 0.6 is 0 Å². The molecule has 1 atom stereocenters. The Balaban J connectivity index is 1.60. The lowest BCUT2D eigenvalue weighted by atomic mass is 10.0. The second kappa shape index (κ2) is 7.84. The average Bonchev–Trinajstić information content (AvgIpc) is 3.12. The van der Waals surface area contributed by atoms with Crippen LogP contribution in [0.1, 0.15) is 22.0 Å². The van der Waals surface area contributed by atoms with Gasteiger partial charge in [-0.3, -0.25) is 14.5 Å². The van der Waals surface area contributed by atoms with E-state index in [1.807, 2.05) is 35.2 Å². The third-order valence-electron chi connectivity index (χ3n) is 4.95. The van der Waals surface area contributed by atoms with E-state index in [2.05, 4.69) is 10.3 Å². The number of aromatic amines is 1. The van der Waals surface area contributed by atoms with Crippen LogP contribution in [0.4, 0.5) is 5.69 Å². The number of anilines is 1. The maximum atomic E-state index is 12.3. The maximum Gasteiger partial charge on any atom is 0.325 e. The van der Waals surface area contributed by atoms with E-state index in [0.29, 0.717) is 43.1 Å². The van der Waals surface area contributed by atoms with Gasteiger partial charge in [0, 0.05) is 47.0 Å². The van der Waals surface area contributed by atoms with E-state index in [-0.39, 0.29) is 5.91 Å². The molecule has 0 bridgehead atoms. The molecule has 7 heteroatoms. The van der Waals surface area contributed by atoms with E-state index in [4.69, 9.17) is 4.74 Å². The van der Waals surface area contributed by atoms with E-state index < -0.39 is 12.0 Å². The molecule has 1 amide bonds. The number of carboxylic acids is 1. The van der Waals surface area contributed by atoms with Gasteiger partial charge in [0.25, 0.3) is 5.91 Å². The van der Waals surface area contributed by atoms with Crippen LogP contribution in [-0.4, -0.2) is 53.2 Å². The Kier molecular flexibility index (Phi) is 5.10. The largest absolute Gasteiger partial charge is 0.480 e. The number of hydrogen-bond donors (Lipinski definition) is 3. The molecule has 1 aromatic heterocycles. The van der Waals surface area contributed by atoms with E-state index >= 15 is 0 Å². The molecule has 2 heterocycles. The lowest BCUT2D eigenvalue weighted by Crippen LogP contribution is -2.42. The average molecular weight is 379 g/mol. The fraction of sp³-hybridized carbons (Fsp3) is 0.238. The minimum absolute atomic E-state index is 0.191. The van der Waals surface area contributed by atoms with Gasteiger partial charge in [-0.05, 0) is 24.3 Å². The molecular formula is C21H21N3O4. The highest BCUT2D eigenvalue weighted by atomic mass is 16.5. The minimum atomic E-state index is -0.885. The molecule has 1 aliphatic rings.